The number of nitrogen functional groups attached to an aromatic ring is 1. The summed E-state index contributed by atoms with van der Waals surface area (Å²) >= 11 is 0. The van der Waals surface area contributed by atoms with Crippen LogP contribution in [0.1, 0.15) is 29.2 Å². The number of pyridine rings is 1. The number of fused-ring (bicyclic) bond motifs is 1. The SMILES string of the molecule is CN(C)CC=CC(=O)N1CCC[C@@H](n2nc(-c3ccc(C(=O)Nc4ccccn4)cc3)c3c(N)ncnc32)C1. The third-order valence-electron chi connectivity index (χ3n) is 6.63. The number of nitrogens with one attached hydrogen (secondary N) is 1. The number of likely N-dealkylation sites (N-methyl/N-ethyl adjacent to an activating group) is 1. The molecule has 5 rings (SSSR count). The van der Waals surface area contributed by atoms with Crippen LogP contribution in [0.3, 0.4) is 0 Å². The number of carbonyl (C=O) groups excluding carboxylic acids is 2. The summed E-state index contributed by atoms with van der Waals surface area (Å²) in [5.74, 6) is 0.542. The zero-order valence-corrected chi connectivity index (χ0v) is 22.0. The number of likely N-dealkylation sites (tertiary alicyclic amines) is 1. The van der Waals surface area contributed by atoms with Gasteiger partial charge in [0, 0.05) is 43.0 Å². The van der Waals surface area contributed by atoms with E-state index in [1.54, 1.807) is 36.5 Å². The van der Waals surface area contributed by atoms with Crippen LogP contribution >= 0.6 is 0 Å². The lowest BCUT2D eigenvalue weighted by Gasteiger charge is -2.32. The van der Waals surface area contributed by atoms with Crippen molar-refractivity contribution in [3.63, 3.8) is 0 Å². The molecule has 1 atom stereocenters. The Hall–Kier alpha value is -4.64. The van der Waals surface area contributed by atoms with E-state index >= 15 is 0 Å². The third kappa shape index (κ3) is 5.78. The molecule has 11 nitrogen and oxygen atoms in total. The van der Waals surface area contributed by atoms with E-state index < -0.39 is 0 Å². The monoisotopic (exact) mass is 525 g/mol. The van der Waals surface area contributed by atoms with Crippen LogP contribution in [-0.4, -0.2) is 80.1 Å². The predicted molar refractivity (Wildman–Crippen MR) is 150 cm³/mol. The van der Waals surface area contributed by atoms with E-state index in [1.165, 1.54) is 6.33 Å². The Morgan fingerprint density at radius 2 is 1.95 bits per heavy atom. The van der Waals surface area contributed by atoms with Gasteiger partial charge in [-0.25, -0.2) is 19.6 Å². The number of amides is 2. The largest absolute Gasteiger partial charge is 0.383 e. The Bertz CT molecular complexity index is 1500. The molecule has 1 aliphatic heterocycles. The summed E-state index contributed by atoms with van der Waals surface area (Å²) in [7, 11) is 3.93. The molecule has 4 aromatic rings. The van der Waals surface area contributed by atoms with E-state index in [1.807, 2.05) is 52.9 Å². The highest BCUT2D eigenvalue weighted by atomic mass is 16.2. The zero-order valence-electron chi connectivity index (χ0n) is 22.0. The Morgan fingerprint density at radius 1 is 1.13 bits per heavy atom. The molecule has 39 heavy (non-hydrogen) atoms. The summed E-state index contributed by atoms with van der Waals surface area (Å²) in [6.07, 6.45) is 8.28. The zero-order chi connectivity index (χ0) is 27.4. The molecule has 4 heterocycles. The quantitative estimate of drug-likeness (QED) is 0.352. The van der Waals surface area contributed by atoms with Crippen LogP contribution in [0, 0.1) is 0 Å². The Kier molecular flexibility index (Phi) is 7.60. The minimum atomic E-state index is -0.259. The van der Waals surface area contributed by atoms with Crippen molar-refractivity contribution >= 4 is 34.5 Å². The van der Waals surface area contributed by atoms with Gasteiger partial charge in [-0.2, -0.15) is 5.10 Å². The van der Waals surface area contributed by atoms with Crippen molar-refractivity contribution in [3.05, 3.63) is 72.7 Å². The second-order valence-corrected chi connectivity index (χ2v) is 9.74. The molecule has 200 valence electrons. The molecule has 3 aromatic heterocycles. The maximum Gasteiger partial charge on any atom is 0.256 e. The summed E-state index contributed by atoms with van der Waals surface area (Å²) in [5.41, 5.74) is 8.83. The summed E-state index contributed by atoms with van der Waals surface area (Å²) < 4.78 is 1.87. The first-order valence-corrected chi connectivity index (χ1v) is 12.8. The van der Waals surface area contributed by atoms with Crippen molar-refractivity contribution < 1.29 is 9.59 Å². The third-order valence-corrected chi connectivity index (χ3v) is 6.63. The molecule has 0 unspecified atom stereocenters. The molecular weight excluding hydrogens is 494 g/mol. The highest BCUT2D eigenvalue weighted by molar-refractivity contribution is 6.04. The lowest BCUT2D eigenvalue weighted by Crippen LogP contribution is -2.40. The van der Waals surface area contributed by atoms with Crippen molar-refractivity contribution in [1.82, 2.24) is 34.5 Å². The summed E-state index contributed by atoms with van der Waals surface area (Å²) in [6.45, 7) is 1.93. The van der Waals surface area contributed by atoms with E-state index in [0.29, 0.717) is 53.6 Å². The molecule has 2 amide bonds. The molecule has 1 fully saturated rings. The number of anilines is 2. The molecule has 1 saturated heterocycles. The summed E-state index contributed by atoms with van der Waals surface area (Å²) in [4.78, 5) is 42.2. The average molecular weight is 526 g/mol. The van der Waals surface area contributed by atoms with Gasteiger partial charge in [-0.1, -0.05) is 24.3 Å². The number of nitrogens with zero attached hydrogens (tertiary/aromatic N) is 7. The molecule has 0 spiro atoms. The highest BCUT2D eigenvalue weighted by Crippen LogP contribution is 2.34. The summed E-state index contributed by atoms with van der Waals surface area (Å²) in [6, 6.07) is 12.4. The minimum absolute atomic E-state index is 0.00746. The second-order valence-electron chi connectivity index (χ2n) is 9.74. The molecule has 0 saturated carbocycles. The van der Waals surface area contributed by atoms with Crippen LogP contribution in [0.25, 0.3) is 22.3 Å². The fourth-order valence-corrected chi connectivity index (χ4v) is 4.68. The molecule has 3 N–H and O–H groups in total. The van der Waals surface area contributed by atoms with E-state index in [0.717, 1.165) is 18.4 Å². The number of rotatable bonds is 7. The van der Waals surface area contributed by atoms with Crippen LogP contribution in [0.5, 0.6) is 0 Å². The molecule has 1 aliphatic rings. The van der Waals surface area contributed by atoms with Crippen molar-refractivity contribution in [2.24, 2.45) is 0 Å². The van der Waals surface area contributed by atoms with E-state index in [2.05, 4.69) is 20.3 Å². The van der Waals surface area contributed by atoms with Crippen LogP contribution in [0.2, 0.25) is 0 Å². The Balaban J connectivity index is 1.41. The highest BCUT2D eigenvalue weighted by Gasteiger charge is 2.28. The van der Waals surface area contributed by atoms with Gasteiger partial charge in [0.2, 0.25) is 5.91 Å². The second kappa shape index (κ2) is 11.4. The first-order valence-electron chi connectivity index (χ1n) is 12.8. The number of nitrogens with two attached hydrogens (primary N) is 1. The number of piperidine rings is 1. The van der Waals surface area contributed by atoms with Crippen LogP contribution in [0.4, 0.5) is 11.6 Å². The van der Waals surface area contributed by atoms with Crippen LogP contribution < -0.4 is 11.1 Å². The predicted octanol–water partition coefficient (Wildman–Crippen LogP) is 3.00. The summed E-state index contributed by atoms with van der Waals surface area (Å²) in [5, 5.41) is 8.36. The lowest BCUT2D eigenvalue weighted by molar-refractivity contribution is -0.127. The maximum atomic E-state index is 12.8. The number of benzene rings is 1. The standard InChI is InChI=1S/C28H31N9O2/c1-35(2)15-6-9-23(38)36-16-5-7-21(17-36)37-27-24(26(29)31-18-32-27)25(34-37)19-10-12-20(13-11-19)28(39)33-22-8-3-4-14-30-22/h3-4,6,8-14,18,21H,5,7,15-17H2,1-2H3,(H2,29,31,32)(H,30,33,39)/t21-/m1/s1. The van der Waals surface area contributed by atoms with E-state index in [9.17, 15) is 9.59 Å². The molecule has 1 aromatic carbocycles. The molecule has 0 aliphatic carbocycles. The topological polar surface area (TPSA) is 135 Å². The number of aromatic nitrogens is 5. The van der Waals surface area contributed by atoms with Gasteiger partial charge in [0.1, 0.15) is 23.7 Å². The van der Waals surface area contributed by atoms with E-state index in [-0.39, 0.29) is 17.9 Å². The van der Waals surface area contributed by atoms with Gasteiger partial charge in [0.05, 0.1) is 11.4 Å². The van der Waals surface area contributed by atoms with Crippen molar-refractivity contribution in [3.8, 4) is 11.3 Å². The van der Waals surface area contributed by atoms with Gasteiger partial charge in [-0.15, -0.1) is 0 Å². The maximum absolute atomic E-state index is 12.8. The first-order chi connectivity index (χ1) is 18.9. The molecule has 0 radical (unpaired) electrons. The van der Waals surface area contributed by atoms with Gasteiger partial charge in [-0.05, 0) is 51.2 Å². The Morgan fingerprint density at radius 3 is 2.69 bits per heavy atom. The normalized spacial score (nSPS) is 15.8. The van der Waals surface area contributed by atoms with Crippen molar-refractivity contribution in [2.45, 2.75) is 18.9 Å². The van der Waals surface area contributed by atoms with Gasteiger partial charge in [-0.3, -0.25) is 9.59 Å². The fraction of sp³-hybridized carbons (Fsp3) is 0.286. The van der Waals surface area contributed by atoms with E-state index in [4.69, 9.17) is 10.8 Å². The molecular formula is C28H31N9O2. The van der Waals surface area contributed by atoms with Crippen LogP contribution in [-0.2, 0) is 4.79 Å². The molecule has 11 heteroatoms. The van der Waals surface area contributed by atoms with Gasteiger partial charge >= 0.3 is 0 Å². The number of hydrogen-bond donors (Lipinski definition) is 2. The first kappa shape index (κ1) is 26.0. The van der Waals surface area contributed by atoms with Gasteiger partial charge in [0.25, 0.3) is 5.91 Å². The minimum Gasteiger partial charge on any atom is -0.383 e. The fourth-order valence-electron chi connectivity index (χ4n) is 4.68. The van der Waals surface area contributed by atoms with Crippen LogP contribution in [0.15, 0.2) is 67.1 Å². The average Bonchev–Trinajstić information content (AvgIpc) is 3.34. The number of carbonyl (C=O) groups is 2. The Labute approximate surface area is 226 Å². The van der Waals surface area contributed by atoms with Gasteiger partial charge < -0.3 is 20.9 Å². The smallest absolute Gasteiger partial charge is 0.256 e. The molecule has 0 bridgehead atoms. The lowest BCUT2D eigenvalue weighted by atomic mass is 10.1. The van der Waals surface area contributed by atoms with Crippen molar-refractivity contribution in [2.75, 3.05) is 44.8 Å². The van der Waals surface area contributed by atoms with Gasteiger partial charge in [0.15, 0.2) is 5.65 Å². The number of hydrogen-bond acceptors (Lipinski definition) is 8. The van der Waals surface area contributed by atoms with Crippen molar-refractivity contribution in [1.29, 1.82) is 0 Å².